The minimum atomic E-state index is -3.99. The largest absolute Gasteiger partial charge is 0.383 e. The molecule has 4 aromatic rings. The van der Waals surface area contributed by atoms with Gasteiger partial charge in [-0.05, 0) is 48.4 Å². The first-order valence-corrected chi connectivity index (χ1v) is 10.3. The molecule has 0 bridgehead atoms. The highest BCUT2D eigenvalue weighted by molar-refractivity contribution is 7.92. The lowest BCUT2D eigenvalue weighted by Crippen LogP contribution is -2.14. The van der Waals surface area contributed by atoms with Crippen molar-refractivity contribution >= 4 is 38.8 Å². The minimum absolute atomic E-state index is 0.196. The van der Waals surface area contributed by atoms with E-state index in [9.17, 15) is 12.8 Å². The Morgan fingerprint density at radius 1 is 1.17 bits per heavy atom. The van der Waals surface area contributed by atoms with Crippen LogP contribution in [0.4, 0.5) is 15.9 Å². The van der Waals surface area contributed by atoms with Crippen molar-refractivity contribution in [3.63, 3.8) is 0 Å². The van der Waals surface area contributed by atoms with Gasteiger partial charge < -0.3 is 5.73 Å². The van der Waals surface area contributed by atoms with Crippen LogP contribution in [-0.2, 0) is 10.0 Å². The van der Waals surface area contributed by atoms with Crippen LogP contribution in [0.1, 0.15) is 5.56 Å². The molecule has 3 N–H and O–H groups in total. The van der Waals surface area contributed by atoms with Crippen molar-refractivity contribution in [3.05, 3.63) is 71.3 Å². The molecular formula is C19H15ClFN5O2S. The second kappa shape index (κ2) is 7.02. The number of hydrogen-bond donors (Lipinski definition) is 2. The van der Waals surface area contributed by atoms with E-state index >= 15 is 0 Å². The second-order valence-electron chi connectivity index (χ2n) is 6.37. The zero-order valence-electron chi connectivity index (χ0n) is 15.1. The van der Waals surface area contributed by atoms with Gasteiger partial charge in [0.2, 0.25) is 0 Å². The number of aromatic nitrogens is 3. The molecular weight excluding hydrogens is 417 g/mol. The molecule has 0 fully saturated rings. The molecule has 148 valence electrons. The van der Waals surface area contributed by atoms with Crippen molar-refractivity contribution in [2.45, 2.75) is 11.8 Å². The predicted octanol–water partition coefficient (Wildman–Crippen LogP) is 3.88. The average Bonchev–Trinajstić information content (AvgIpc) is 3.13. The quantitative estimate of drug-likeness (QED) is 0.510. The molecule has 0 aliphatic heterocycles. The van der Waals surface area contributed by atoms with Gasteiger partial charge in [-0.3, -0.25) is 4.72 Å². The van der Waals surface area contributed by atoms with Gasteiger partial charge in [0, 0.05) is 17.8 Å². The number of rotatable bonds is 4. The van der Waals surface area contributed by atoms with E-state index in [1.165, 1.54) is 4.52 Å². The van der Waals surface area contributed by atoms with Crippen LogP contribution in [0.25, 0.3) is 16.8 Å². The number of fused-ring (bicyclic) bond motifs is 1. The van der Waals surface area contributed by atoms with E-state index < -0.39 is 15.8 Å². The molecule has 0 atom stereocenters. The maximum atomic E-state index is 13.2. The fourth-order valence-corrected chi connectivity index (χ4v) is 4.61. The molecule has 0 radical (unpaired) electrons. The molecule has 4 rings (SSSR count). The third kappa shape index (κ3) is 3.50. The molecule has 29 heavy (non-hydrogen) atoms. The first-order valence-electron chi connectivity index (χ1n) is 8.43. The first kappa shape index (κ1) is 19.2. The molecule has 0 saturated heterocycles. The maximum Gasteiger partial charge on any atom is 0.263 e. The number of hydrogen-bond acceptors (Lipinski definition) is 5. The first-order chi connectivity index (χ1) is 13.8. The highest BCUT2D eigenvalue weighted by atomic mass is 35.5. The smallest absolute Gasteiger partial charge is 0.263 e. The summed E-state index contributed by atoms with van der Waals surface area (Å²) in [6.45, 7) is 1.75. The predicted molar refractivity (Wildman–Crippen MR) is 110 cm³/mol. The van der Waals surface area contributed by atoms with Gasteiger partial charge in [-0.25, -0.2) is 17.8 Å². The normalized spacial score (nSPS) is 11.7. The lowest BCUT2D eigenvalue weighted by Gasteiger charge is -2.14. The standard InChI is InChI=1S/C19H15ClFN5O2S/c1-11-8-12(14-10-23-18-6-7-24-26(18)19(14)22)2-4-16(11)25-29(27,28)17-5-3-13(21)9-15(17)20/h2-10,25H,22H2,1H3. The third-order valence-electron chi connectivity index (χ3n) is 4.42. The van der Waals surface area contributed by atoms with Crippen molar-refractivity contribution in [2.75, 3.05) is 10.5 Å². The summed E-state index contributed by atoms with van der Waals surface area (Å²) in [6, 6.07) is 9.98. The lowest BCUT2D eigenvalue weighted by atomic mass is 10.0. The summed E-state index contributed by atoms with van der Waals surface area (Å²) >= 11 is 5.89. The van der Waals surface area contributed by atoms with Crippen LogP contribution in [0.15, 0.2) is 59.8 Å². The molecule has 2 aromatic carbocycles. The van der Waals surface area contributed by atoms with Crippen molar-refractivity contribution in [1.29, 1.82) is 0 Å². The number of nitrogens with one attached hydrogen (secondary N) is 1. The molecule has 0 aliphatic rings. The van der Waals surface area contributed by atoms with Gasteiger partial charge in [0.05, 0.1) is 16.9 Å². The van der Waals surface area contributed by atoms with E-state index in [0.29, 0.717) is 28.3 Å². The van der Waals surface area contributed by atoms with E-state index in [0.717, 1.165) is 23.8 Å². The number of anilines is 2. The zero-order valence-corrected chi connectivity index (χ0v) is 16.7. The van der Waals surface area contributed by atoms with Gasteiger partial charge in [-0.2, -0.15) is 9.61 Å². The van der Waals surface area contributed by atoms with Crippen LogP contribution in [0.5, 0.6) is 0 Å². The Morgan fingerprint density at radius 2 is 1.97 bits per heavy atom. The Morgan fingerprint density at radius 3 is 2.69 bits per heavy atom. The number of benzene rings is 2. The van der Waals surface area contributed by atoms with E-state index in [-0.39, 0.29) is 9.92 Å². The van der Waals surface area contributed by atoms with Gasteiger partial charge in [-0.15, -0.1) is 0 Å². The molecule has 7 nitrogen and oxygen atoms in total. The van der Waals surface area contributed by atoms with E-state index in [1.54, 1.807) is 43.6 Å². The summed E-state index contributed by atoms with van der Waals surface area (Å²) in [6.07, 6.45) is 3.25. The van der Waals surface area contributed by atoms with Gasteiger partial charge in [0.1, 0.15) is 16.5 Å². The number of halogens is 2. The van der Waals surface area contributed by atoms with E-state index in [1.807, 2.05) is 0 Å². The fourth-order valence-electron chi connectivity index (χ4n) is 2.95. The summed E-state index contributed by atoms with van der Waals surface area (Å²) in [5.41, 5.74) is 9.26. The summed E-state index contributed by atoms with van der Waals surface area (Å²) in [5.74, 6) is -0.194. The summed E-state index contributed by atoms with van der Waals surface area (Å²) in [4.78, 5) is 4.10. The third-order valence-corrected chi connectivity index (χ3v) is 6.27. The number of nitrogen functional groups attached to an aromatic ring is 1. The average molecular weight is 432 g/mol. The minimum Gasteiger partial charge on any atom is -0.383 e. The molecule has 0 saturated carbocycles. The molecule has 10 heteroatoms. The van der Waals surface area contributed by atoms with Crippen molar-refractivity contribution < 1.29 is 12.8 Å². The van der Waals surface area contributed by atoms with Crippen LogP contribution >= 0.6 is 11.6 Å². The van der Waals surface area contributed by atoms with Gasteiger partial charge in [0.25, 0.3) is 10.0 Å². The van der Waals surface area contributed by atoms with Gasteiger partial charge in [0.15, 0.2) is 5.65 Å². The SMILES string of the molecule is Cc1cc(-c2cnc3ccnn3c2N)ccc1NS(=O)(=O)c1ccc(F)cc1Cl. The highest BCUT2D eigenvalue weighted by Crippen LogP contribution is 2.31. The van der Waals surface area contributed by atoms with E-state index in [2.05, 4.69) is 14.8 Å². The van der Waals surface area contributed by atoms with Crippen LogP contribution in [0.3, 0.4) is 0 Å². The Hall–Kier alpha value is -3.17. The Kier molecular flexibility index (Phi) is 4.64. The molecule has 0 spiro atoms. The van der Waals surface area contributed by atoms with Crippen molar-refractivity contribution in [2.24, 2.45) is 0 Å². The highest BCUT2D eigenvalue weighted by Gasteiger charge is 2.20. The topological polar surface area (TPSA) is 102 Å². The molecule has 2 aromatic heterocycles. The zero-order chi connectivity index (χ0) is 20.8. The number of nitrogens with zero attached hydrogens (tertiary/aromatic N) is 3. The second-order valence-corrected chi connectivity index (χ2v) is 8.43. The van der Waals surface area contributed by atoms with Crippen LogP contribution in [0.2, 0.25) is 5.02 Å². The van der Waals surface area contributed by atoms with Crippen molar-refractivity contribution in [3.8, 4) is 11.1 Å². The molecule has 0 unspecified atom stereocenters. The Bertz CT molecular complexity index is 1350. The van der Waals surface area contributed by atoms with Crippen LogP contribution in [0, 0.1) is 12.7 Å². The van der Waals surface area contributed by atoms with E-state index in [4.69, 9.17) is 17.3 Å². The monoisotopic (exact) mass is 431 g/mol. The maximum absolute atomic E-state index is 13.2. The lowest BCUT2D eigenvalue weighted by molar-refractivity contribution is 0.599. The summed E-state index contributed by atoms with van der Waals surface area (Å²) in [7, 11) is -3.99. The Balaban J connectivity index is 1.69. The van der Waals surface area contributed by atoms with Gasteiger partial charge in [-0.1, -0.05) is 17.7 Å². The van der Waals surface area contributed by atoms with Crippen LogP contribution in [-0.4, -0.2) is 23.0 Å². The number of sulfonamides is 1. The van der Waals surface area contributed by atoms with Crippen molar-refractivity contribution in [1.82, 2.24) is 14.6 Å². The van der Waals surface area contributed by atoms with Crippen LogP contribution < -0.4 is 10.5 Å². The fraction of sp³-hybridized carbons (Fsp3) is 0.0526. The molecule has 0 amide bonds. The Labute approximate surface area is 171 Å². The van der Waals surface area contributed by atoms with Gasteiger partial charge >= 0.3 is 0 Å². The summed E-state index contributed by atoms with van der Waals surface area (Å²) in [5, 5.41) is 3.94. The molecule has 2 heterocycles. The molecule has 0 aliphatic carbocycles. The number of aryl methyl sites for hydroxylation is 1. The number of nitrogens with two attached hydrogens (primary N) is 1. The summed E-state index contributed by atoms with van der Waals surface area (Å²) < 4.78 is 42.5.